The molecular weight excluding hydrogens is 394 g/mol. The summed E-state index contributed by atoms with van der Waals surface area (Å²) in [7, 11) is 0. The minimum Gasteiger partial charge on any atom is -0.474 e. The number of pyridine rings is 2. The molecule has 1 aromatic carbocycles. The largest absolute Gasteiger partial charge is 0.474 e. The van der Waals surface area contributed by atoms with Gasteiger partial charge in [-0.2, -0.15) is 0 Å². The maximum Gasteiger partial charge on any atom is 0.259 e. The standard InChI is InChI=1S/C24H25N3O4/c1-2-26-15-19(24(29)27-9-11-30-12-10-27)23(28)22-20(26)7-8-21(25-22)31-18-13-16-5-3-4-6-17(16)14-18/h3-8,15,18H,2,9-14H2,1H3. The van der Waals surface area contributed by atoms with Crippen LogP contribution in [0.3, 0.4) is 0 Å². The van der Waals surface area contributed by atoms with Crippen molar-refractivity contribution >= 4 is 16.9 Å². The molecule has 0 spiro atoms. The van der Waals surface area contributed by atoms with Gasteiger partial charge >= 0.3 is 0 Å². The van der Waals surface area contributed by atoms with Gasteiger partial charge in [0.05, 0.1) is 18.7 Å². The number of carbonyl (C=O) groups is 1. The van der Waals surface area contributed by atoms with E-state index in [0.29, 0.717) is 44.2 Å². The highest BCUT2D eigenvalue weighted by Crippen LogP contribution is 2.26. The number of nitrogens with zero attached hydrogens (tertiary/aromatic N) is 3. The first-order chi connectivity index (χ1) is 15.1. The van der Waals surface area contributed by atoms with Gasteiger partial charge < -0.3 is 18.9 Å². The van der Waals surface area contributed by atoms with Crippen molar-refractivity contribution < 1.29 is 14.3 Å². The van der Waals surface area contributed by atoms with Crippen molar-refractivity contribution in [1.82, 2.24) is 14.5 Å². The number of rotatable bonds is 4. The second kappa shape index (κ2) is 8.15. The van der Waals surface area contributed by atoms with Crippen LogP contribution in [-0.2, 0) is 24.1 Å². The van der Waals surface area contributed by atoms with Gasteiger partial charge in [-0.25, -0.2) is 4.98 Å². The first-order valence-electron chi connectivity index (χ1n) is 10.8. The van der Waals surface area contributed by atoms with Gasteiger partial charge in [0.25, 0.3) is 5.91 Å². The minimum atomic E-state index is -0.351. The van der Waals surface area contributed by atoms with E-state index in [1.807, 2.05) is 29.7 Å². The molecule has 0 atom stereocenters. The van der Waals surface area contributed by atoms with E-state index in [1.54, 1.807) is 17.2 Å². The molecule has 1 aliphatic heterocycles. The number of carbonyl (C=O) groups excluding carboxylic acids is 1. The number of amides is 1. The summed E-state index contributed by atoms with van der Waals surface area (Å²) in [5.74, 6) is 0.151. The molecule has 0 radical (unpaired) electrons. The van der Waals surface area contributed by atoms with E-state index in [9.17, 15) is 9.59 Å². The van der Waals surface area contributed by atoms with E-state index in [-0.39, 0.29) is 28.5 Å². The Morgan fingerprint density at radius 1 is 1.13 bits per heavy atom. The van der Waals surface area contributed by atoms with Crippen molar-refractivity contribution in [2.45, 2.75) is 32.4 Å². The lowest BCUT2D eigenvalue weighted by Gasteiger charge is -2.27. The van der Waals surface area contributed by atoms with Crippen LogP contribution in [0.1, 0.15) is 28.4 Å². The zero-order valence-corrected chi connectivity index (χ0v) is 17.5. The first kappa shape index (κ1) is 19.8. The lowest BCUT2D eigenvalue weighted by atomic mass is 10.1. The fourth-order valence-electron chi connectivity index (χ4n) is 4.43. The lowest BCUT2D eigenvalue weighted by Crippen LogP contribution is -2.42. The lowest BCUT2D eigenvalue weighted by molar-refractivity contribution is 0.0301. The van der Waals surface area contributed by atoms with Crippen molar-refractivity contribution in [3.63, 3.8) is 0 Å². The second-order valence-electron chi connectivity index (χ2n) is 8.00. The van der Waals surface area contributed by atoms with Gasteiger partial charge in [-0.3, -0.25) is 9.59 Å². The predicted molar refractivity (Wildman–Crippen MR) is 117 cm³/mol. The molecule has 2 aliphatic rings. The number of hydrogen-bond donors (Lipinski definition) is 0. The summed E-state index contributed by atoms with van der Waals surface area (Å²) in [6.45, 7) is 4.55. The molecule has 0 unspecified atom stereocenters. The molecule has 160 valence electrons. The number of fused-ring (bicyclic) bond motifs is 2. The predicted octanol–water partition coefficient (Wildman–Crippen LogP) is 2.43. The Labute approximate surface area is 180 Å². The molecule has 1 fully saturated rings. The Bertz CT molecular complexity index is 1170. The fourth-order valence-corrected chi connectivity index (χ4v) is 4.43. The molecule has 5 rings (SSSR count). The van der Waals surface area contributed by atoms with Gasteiger partial charge in [-0.15, -0.1) is 0 Å². The van der Waals surface area contributed by atoms with Gasteiger partial charge in [0, 0.05) is 44.7 Å². The molecule has 7 heteroatoms. The normalized spacial score (nSPS) is 16.5. The van der Waals surface area contributed by atoms with Crippen LogP contribution in [0, 0.1) is 0 Å². The van der Waals surface area contributed by atoms with E-state index in [4.69, 9.17) is 9.47 Å². The second-order valence-corrected chi connectivity index (χ2v) is 8.00. The summed E-state index contributed by atoms with van der Waals surface area (Å²) >= 11 is 0. The highest BCUT2D eigenvalue weighted by molar-refractivity contribution is 5.96. The maximum absolute atomic E-state index is 13.2. The monoisotopic (exact) mass is 419 g/mol. The molecule has 0 bridgehead atoms. The van der Waals surface area contributed by atoms with Crippen LogP contribution in [0.25, 0.3) is 11.0 Å². The number of morpholine rings is 1. The Balaban J connectivity index is 1.48. The summed E-state index contributed by atoms with van der Waals surface area (Å²) in [4.78, 5) is 32.5. The van der Waals surface area contributed by atoms with Crippen molar-refractivity contribution in [3.05, 3.63) is 69.5 Å². The van der Waals surface area contributed by atoms with Gasteiger partial charge in [0.1, 0.15) is 17.2 Å². The summed E-state index contributed by atoms with van der Waals surface area (Å²) in [6.07, 6.45) is 3.29. The number of ether oxygens (including phenoxy) is 2. The van der Waals surface area contributed by atoms with Crippen molar-refractivity contribution in [2.75, 3.05) is 26.3 Å². The molecule has 3 aromatic rings. The van der Waals surface area contributed by atoms with Crippen LogP contribution >= 0.6 is 0 Å². The van der Waals surface area contributed by atoms with Gasteiger partial charge in [0.15, 0.2) is 0 Å². The van der Waals surface area contributed by atoms with Crippen molar-refractivity contribution in [3.8, 4) is 5.88 Å². The third-order valence-corrected chi connectivity index (χ3v) is 6.07. The topological polar surface area (TPSA) is 73.7 Å². The number of benzene rings is 1. The van der Waals surface area contributed by atoms with Crippen molar-refractivity contribution in [1.29, 1.82) is 0 Å². The molecule has 3 heterocycles. The Morgan fingerprint density at radius 2 is 1.84 bits per heavy atom. The molecule has 7 nitrogen and oxygen atoms in total. The third kappa shape index (κ3) is 3.70. The summed E-state index contributed by atoms with van der Waals surface area (Å²) in [5, 5.41) is 0. The van der Waals surface area contributed by atoms with Crippen LogP contribution in [0.4, 0.5) is 0 Å². The smallest absolute Gasteiger partial charge is 0.259 e. The summed E-state index contributed by atoms with van der Waals surface area (Å²) < 4.78 is 13.4. The molecule has 31 heavy (non-hydrogen) atoms. The van der Waals surface area contributed by atoms with Gasteiger partial charge in [0.2, 0.25) is 11.3 Å². The van der Waals surface area contributed by atoms with E-state index in [2.05, 4.69) is 17.1 Å². The fraction of sp³-hybridized carbons (Fsp3) is 0.375. The molecular formula is C24H25N3O4. The zero-order chi connectivity index (χ0) is 21.4. The average molecular weight is 419 g/mol. The Morgan fingerprint density at radius 3 is 2.52 bits per heavy atom. The molecule has 0 N–H and O–H groups in total. The van der Waals surface area contributed by atoms with Crippen molar-refractivity contribution in [2.24, 2.45) is 0 Å². The first-order valence-corrected chi connectivity index (χ1v) is 10.8. The van der Waals surface area contributed by atoms with E-state index < -0.39 is 0 Å². The van der Waals surface area contributed by atoms with Gasteiger partial charge in [-0.05, 0) is 24.1 Å². The van der Waals surface area contributed by atoms with Gasteiger partial charge in [-0.1, -0.05) is 24.3 Å². The van der Waals surface area contributed by atoms with Crippen LogP contribution in [0.15, 0.2) is 47.4 Å². The SMILES string of the molecule is CCn1cc(C(=O)N2CCOCC2)c(=O)c2nc(OC3Cc4ccccc4C3)ccc21. The molecule has 0 saturated carbocycles. The minimum absolute atomic E-state index is 0.00563. The van der Waals surface area contributed by atoms with Crippen LogP contribution in [0.2, 0.25) is 0 Å². The third-order valence-electron chi connectivity index (χ3n) is 6.07. The highest BCUT2D eigenvalue weighted by atomic mass is 16.5. The zero-order valence-electron chi connectivity index (χ0n) is 17.5. The average Bonchev–Trinajstić information content (AvgIpc) is 3.22. The highest BCUT2D eigenvalue weighted by Gasteiger charge is 2.25. The maximum atomic E-state index is 13.2. The quantitative estimate of drug-likeness (QED) is 0.650. The Kier molecular flexibility index (Phi) is 5.19. The molecule has 1 aliphatic carbocycles. The van der Waals surface area contributed by atoms with E-state index >= 15 is 0 Å². The number of aromatic nitrogens is 2. The number of hydrogen-bond acceptors (Lipinski definition) is 5. The van der Waals surface area contributed by atoms with Crippen LogP contribution in [-0.4, -0.2) is 52.8 Å². The number of aryl methyl sites for hydroxylation is 1. The van der Waals surface area contributed by atoms with Crippen LogP contribution < -0.4 is 10.2 Å². The summed E-state index contributed by atoms with van der Waals surface area (Å²) in [6, 6.07) is 12.0. The van der Waals surface area contributed by atoms with E-state index in [1.165, 1.54) is 11.1 Å². The van der Waals surface area contributed by atoms with E-state index in [0.717, 1.165) is 12.8 Å². The molecule has 1 saturated heterocycles. The molecule has 2 aromatic heterocycles. The van der Waals surface area contributed by atoms with Crippen LogP contribution in [0.5, 0.6) is 5.88 Å². The summed E-state index contributed by atoms with van der Waals surface area (Å²) in [5.41, 5.74) is 3.35. The molecule has 1 amide bonds. The Hall–Kier alpha value is -3.19.